The molecular formula is C9H10FN3. The first kappa shape index (κ1) is 8.19. The lowest BCUT2D eigenvalue weighted by Gasteiger charge is -2.01. The van der Waals surface area contributed by atoms with Crippen LogP contribution in [0.3, 0.4) is 0 Å². The van der Waals surface area contributed by atoms with Crippen molar-refractivity contribution in [3.8, 4) is 0 Å². The molecule has 2 heterocycles. The summed E-state index contributed by atoms with van der Waals surface area (Å²) in [6, 6.07) is 1.83. The van der Waals surface area contributed by atoms with E-state index in [2.05, 4.69) is 4.98 Å². The fourth-order valence-corrected chi connectivity index (χ4v) is 1.42. The van der Waals surface area contributed by atoms with E-state index in [1.165, 1.54) is 0 Å². The highest BCUT2D eigenvalue weighted by molar-refractivity contribution is 5.80. The van der Waals surface area contributed by atoms with E-state index in [0.29, 0.717) is 11.2 Å². The van der Waals surface area contributed by atoms with Gasteiger partial charge in [-0.1, -0.05) is 0 Å². The maximum absolute atomic E-state index is 13.6. The quantitative estimate of drug-likeness (QED) is 0.714. The molecule has 0 aromatic carbocycles. The number of aryl methyl sites for hydroxylation is 1. The fraction of sp³-hybridized carbons (Fsp3) is 0.222. The predicted molar refractivity (Wildman–Crippen MR) is 48.6 cm³/mol. The van der Waals surface area contributed by atoms with E-state index in [4.69, 9.17) is 5.73 Å². The normalized spacial score (nSPS) is 11.0. The number of nitrogens with two attached hydrogens (primary N) is 1. The zero-order valence-electron chi connectivity index (χ0n) is 7.29. The van der Waals surface area contributed by atoms with E-state index < -0.39 is 0 Å². The lowest BCUT2D eigenvalue weighted by molar-refractivity contribution is 0.605. The minimum Gasteiger partial charge on any atom is -0.348 e. The number of fused-ring (bicyclic) bond motifs is 1. The summed E-state index contributed by atoms with van der Waals surface area (Å²) >= 11 is 0. The van der Waals surface area contributed by atoms with Gasteiger partial charge in [-0.3, -0.25) is 4.98 Å². The summed E-state index contributed by atoms with van der Waals surface area (Å²) in [5, 5.41) is 0.803. The predicted octanol–water partition coefficient (Wildman–Crippen LogP) is 1.17. The molecule has 0 unspecified atom stereocenters. The molecule has 3 nitrogen and oxygen atoms in total. The molecule has 0 bridgehead atoms. The first-order valence-corrected chi connectivity index (χ1v) is 4.02. The van der Waals surface area contributed by atoms with Gasteiger partial charge in [0.2, 0.25) is 0 Å². The van der Waals surface area contributed by atoms with Crippen LogP contribution >= 0.6 is 0 Å². The highest BCUT2D eigenvalue weighted by atomic mass is 19.1. The average molecular weight is 179 g/mol. The van der Waals surface area contributed by atoms with Crippen LogP contribution in [0.4, 0.5) is 4.39 Å². The summed E-state index contributed by atoms with van der Waals surface area (Å²) in [7, 11) is 1.80. The third-order valence-corrected chi connectivity index (χ3v) is 2.12. The van der Waals surface area contributed by atoms with Crippen LogP contribution in [0.25, 0.3) is 10.9 Å². The van der Waals surface area contributed by atoms with Gasteiger partial charge in [0.15, 0.2) is 5.82 Å². The number of pyridine rings is 1. The summed E-state index contributed by atoms with van der Waals surface area (Å²) in [5.41, 5.74) is 6.23. The van der Waals surface area contributed by atoms with E-state index in [0.717, 1.165) is 5.39 Å². The molecule has 13 heavy (non-hydrogen) atoms. The summed E-state index contributed by atoms with van der Waals surface area (Å²) in [5.74, 6) is -0.312. The van der Waals surface area contributed by atoms with Gasteiger partial charge >= 0.3 is 0 Å². The Kier molecular flexibility index (Phi) is 1.77. The van der Waals surface area contributed by atoms with Crippen LogP contribution in [0.2, 0.25) is 0 Å². The number of halogens is 1. The Labute approximate surface area is 75.0 Å². The van der Waals surface area contributed by atoms with Crippen molar-refractivity contribution in [3.05, 3.63) is 30.0 Å². The number of aromatic nitrogens is 2. The van der Waals surface area contributed by atoms with E-state index >= 15 is 0 Å². The van der Waals surface area contributed by atoms with Crippen LogP contribution in [0, 0.1) is 5.82 Å². The topological polar surface area (TPSA) is 43.8 Å². The maximum atomic E-state index is 13.6. The molecule has 2 aromatic heterocycles. The van der Waals surface area contributed by atoms with Crippen LogP contribution in [0.1, 0.15) is 5.69 Å². The van der Waals surface area contributed by atoms with Crippen molar-refractivity contribution in [2.24, 2.45) is 12.8 Å². The minimum absolute atomic E-state index is 0.132. The second-order valence-corrected chi connectivity index (χ2v) is 2.95. The molecule has 0 amide bonds. The van der Waals surface area contributed by atoms with E-state index in [1.807, 2.05) is 6.07 Å². The summed E-state index contributed by atoms with van der Waals surface area (Å²) in [6.45, 7) is 0.132. The molecule has 2 N–H and O–H groups in total. The van der Waals surface area contributed by atoms with Crippen LogP contribution in [0.5, 0.6) is 0 Å². The first-order valence-electron chi connectivity index (χ1n) is 4.02. The molecule has 4 heteroatoms. The van der Waals surface area contributed by atoms with Gasteiger partial charge < -0.3 is 10.3 Å². The molecule has 0 aliphatic rings. The molecule has 68 valence electrons. The Hall–Kier alpha value is -1.42. The summed E-state index contributed by atoms with van der Waals surface area (Å²) in [4.78, 5) is 3.92. The smallest absolute Gasteiger partial charge is 0.170 e. The maximum Gasteiger partial charge on any atom is 0.170 e. The molecule has 0 saturated carbocycles. The standard InChI is InChI=1S/C9H10FN3/c1-13-3-2-6-5-12-7(4-11)8(10)9(6)13/h2-3,5H,4,11H2,1H3. The van der Waals surface area contributed by atoms with Gasteiger partial charge in [-0.15, -0.1) is 0 Å². The lowest BCUT2D eigenvalue weighted by atomic mass is 10.2. The van der Waals surface area contributed by atoms with E-state index in [1.54, 1.807) is 24.0 Å². The van der Waals surface area contributed by atoms with Gasteiger partial charge in [-0.2, -0.15) is 0 Å². The molecule has 0 radical (unpaired) electrons. The number of nitrogens with zero attached hydrogens (tertiary/aromatic N) is 2. The Morgan fingerprint density at radius 1 is 1.62 bits per heavy atom. The number of hydrogen-bond donors (Lipinski definition) is 1. The zero-order chi connectivity index (χ0) is 9.42. The number of hydrogen-bond acceptors (Lipinski definition) is 2. The molecule has 0 fully saturated rings. The van der Waals surface area contributed by atoms with Gasteiger partial charge in [0, 0.05) is 31.4 Å². The lowest BCUT2D eigenvalue weighted by Crippen LogP contribution is -2.04. The highest BCUT2D eigenvalue weighted by Gasteiger charge is 2.09. The second-order valence-electron chi connectivity index (χ2n) is 2.95. The Morgan fingerprint density at radius 2 is 2.38 bits per heavy atom. The van der Waals surface area contributed by atoms with Gasteiger partial charge in [0.05, 0.1) is 11.2 Å². The fourth-order valence-electron chi connectivity index (χ4n) is 1.42. The van der Waals surface area contributed by atoms with Crippen LogP contribution in [0.15, 0.2) is 18.5 Å². The van der Waals surface area contributed by atoms with Gasteiger partial charge in [-0.05, 0) is 6.07 Å². The van der Waals surface area contributed by atoms with E-state index in [9.17, 15) is 4.39 Å². The van der Waals surface area contributed by atoms with E-state index in [-0.39, 0.29) is 12.4 Å². The largest absolute Gasteiger partial charge is 0.348 e. The van der Waals surface area contributed by atoms with Crippen molar-refractivity contribution < 1.29 is 4.39 Å². The molecule has 0 atom stereocenters. The van der Waals surface area contributed by atoms with Crippen LogP contribution in [-0.4, -0.2) is 9.55 Å². The molecule has 2 aromatic rings. The molecule has 2 rings (SSSR count). The second kappa shape index (κ2) is 2.81. The molecule has 0 aliphatic heterocycles. The van der Waals surface area contributed by atoms with Gasteiger partial charge in [0.25, 0.3) is 0 Å². The van der Waals surface area contributed by atoms with Crippen molar-refractivity contribution in [1.82, 2.24) is 9.55 Å². The van der Waals surface area contributed by atoms with Crippen molar-refractivity contribution in [3.63, 3.8) is 0 Å². The molecule has 0 aliphatic carbocycles. The molecular weight excluding hydrogens is 169 g/mol. The van der Waals surface area contributed by atoms with Crippen LogP contribution < -0.4 is 5.73 Å². The van der Waals surface area contributed by atoms with Gasteiger partial charge in [0.1, 0.15) is 0 Å². The molecule has 0 saturated heterocycles. The average Bonchev–Trinajstić information content (AvgIpc) is 2.49. The van der Waals surface area contributed by atoms with Crippen molar-refractivity contribution in [1.29, 1.82) is 0 Å². The monoisotopic (exact) mass is 179 g/mol. The zero-order valence-corrected chi connectivity index (χ0v) is 7.29. The summed E-state index contributed by atoms with van der Waals surface area (Å²) < 4.78 is 15.3. The SMILES string of the molecule is Cn1ccc2cnc(CN)c(F)c21. The van der Waals surface area contributed by atoms with Crippen LogP contribution in [-0.2, 0) is 13.6 Å². The van der Waals surface area contributed by atoms with Crippen molar-refractivity contribution in [2.75, 3.05) is 0 Å². The first-order chi connectivity index (χ1) is 6.24. The molecule has 0 spiro atoms. The van der Waals surface area contributed by atoms with Gasteiger partial charge in [-0.25, -0.2) is 4.39 Å². The summed E-state index contributed by atoms with van der Waals surface area (Å²) in [6.07, 6.45) is 3.44. The Morgan fingerprint density at radius 3 is 3.08 bits per heavy atom. The van der Waals surface area contributed by atoms with Crippen molar-refractivity contribution >= 4 is 10.9 Å². The number of rotatable bonds is 1. The third-order valence-electron chi connectivity index (χ3n) is 2.12. The minimum atomic E-state index is -0.312. The Balaban J connectivity index is 2.83. The third kappa shape index (κ3) is 1.10. The Bertz CT molecular complexity index is 447. The van der Waals surface area contributed by atoms with Crippen molar-refractivity contribution in [2.45, 2.75) is 6.54 Å². The highest BCUT2D eigenvalue weighted by Crippen LogP contribution is 2.19.